The molecule has 0 radical (unpaired) electrons. The standard InChI is InChI=1S/C13H17N3O4/c14-13(17)20-12-2-1-7-15(9-12)8-10-3-5-11(6-4-10)16(18)19/h3-6,12H,1-2,7-9H2,(H2,14,17)/t12-/m0/s1. The quantitative estimate of drug-likeness (QED) is 0.667. The van der Waals surface area contributed by atoms with Crippen molar-refractivity contribution in [2.45, 2.75) is 25.5 Å². The van der Waals surface area contributed by atoms with Gasteiger partial charge in [-0.3, -0.25) is 15.0 Å². The monoisotopic (exact) mass is 279 g/mol. The van der Waals surface area contributed by atoms with Crippen molar-refractivity contribution in [1.29, 1.82) is 0 Å². The molecular formula is C13H17N3O4. The average molecular weight is 279 g/mol. The highest BCUT2D eigenvalue weighted by atomic mass is 16.6. The van der Waals surface area contributed by atoms with Crippen molar-refractivity contribution in [3.05, 3.63) is 39.9 Å². The van der Waals surface area contributed by atoms with Crippen molar-refractivity contribution in [1.82, 2.24) is 4.90 Å². The summed E-state index contributed by atoms with van der Waals surface area (Å²) in [7, 11) is 0. The van der Waals surface area contributed by atoms with Crippen LogP contribution >= 0.6 is 0 Å². The zero-order valence-corrected chi connectivity index (χ0v) is 11.0. The van der Waals surface area contributed by atoms with Crippen molar-refractivity contribution in [2.75, 3.05) is 13.1 Å². The fraction of sp³-hybridized carbons (Fsp3) is 0.462. The van der Waals surface area contributed by atoms with Gasteiger partial charge < -0.3 is 10.5 Å². The predicted molar refractivity (Wildman–Crippen MR) is 72.1 cm³/mol. The fourth-order valence-electron chi connectivity index (χ4n) is 2.40. The summed E-state index contributed by atoms with van der Waals surface area (Å²) < 4.78 is 5.02. The van der Waals surface area contributed by atoms with Crippen molar-refractivity contribution >= 4 is 11.8 Å². The van der Waals surface area contributed by atoms with E-state index in [9.17, 15) is 14.9 Å². The van der Waals surface area contributed by atoms with Gasteiger partial charge in [0.2, 0.25) is 0 Å². The van der Waals surface area contributed by atoms with Gasteiger partial charge in [0.05, 0.1) is 4.92 Å². The number of nitrogens with two attached hydrogens (primary N) is 1. The van der Waals surface area contributed by atoms with E-state index in [4.69, 9.17) is 10.5 Å². The third-order valence-electron chi connectivity index (χ3n) is 3.30. The Labute approximate surface area is 116 Å². The summed E-state index contributed by atoms with van der Waals surface area (Å²) in [6.07, 6.45) is 0.844. The van der Waals surface area contributed by atoms with Gasteiger partial charge in [0, 0.05) is 25.2 Å². The van der Waals surface area contributed by atoms with Gasteiger partial charge in [0.15, 0.2) is 0 Å². The third-order valence-corrected chi connectivity index (χ3v) is 3.30. The van der Waals surface area contributed by atoms with E-state index in [-0.39, 0.29) is 11.8 Å². The number of amides is 1. The maximum Gasteiger partial charge on any atom is 0.404 e. The molecule has 7 heteroatoms. The molecule has 0 aliphatic carbocycles. The van der Waals surface area contributed by atoms with E-state index < -0.39 is 11.0 Å². The van der Waals surface area contributed by atoms with Crippen LogP contribution in [0.25, 0.3) is 0 Å². The molecule has 1 saturated heterocycles. The van der Waals surface area contributed by atoms with Crippen LogP contribution in [0.3, 0.4) is 0 Å². The first kappa shape index (κ1) is 14.3. The summed E-state index contributed by atoms with van der Waals surface area (Å²) in [5, 5.41) is 10.6. The zero-order chi connectivity index (χ0) is 14.5. The molecule has 1 heterocycles. The molecule has 1 aromatic rings. The van der Waals surface area contributed by atoms with Crippen LogP contribution in [0.2, 0.25) is 0 Å². The molecule has 0 aromatic heterocycles. The third kappa shape index (κ3) is 3.92. The Morgan fingerprint density at radius 3 is 2.75 bits per heavy atom. The average Bonchev–Trinajstić information content (AvgIpc) is 2.39. The predicted octanol–water partition coefficient (Wildman–Crippen LogP) is 1.65. The number of nitro groups is 1. The molecule has 2 rings (SSSR count). The number of hydrogen-bond donors (Lipinski definition) is 1. The molecule has 0 saturated carbocycles. The van der Waals surface area contributed by atoms with Crippen molar-refractivity contribution in [2.24, 2.45) is 5.73 Å². The van der Waals surface area contributed by atoms with E-state index in [1.165, 1.54) is 12.1 Å². The van der Waals surface area contributed by atoms with Gasteiger partial charge in [-0.25, -0.2) is 4.79 Å². The van der Waals surface area contributed by atoms with Crippen LogP contribution in [-0.4, -0.2) is 35.1 Å². The van der Waals surface area contributed by atoms with E-state index in [1.807, 2.05) is 0 Å². The van der Waals surface area contributed by atoms with Crippen molar-refractivity contribution in [3.63, 3.8) is 0 Å². The Kier molecular flexibility index (Phi) is 4.52. The Morgan fingerprint density at radius 1 is 1.45 bits per heavy atom. The molecule has 1 aliphatic rings. The second kappa shape index (κ2) is 6.33. The van der Waals surface area contributed by atoms with E-state index >= 15 is 0 Å². The smallest absolute Gasteiger partial charge is 0.404 e. The van der Waals surface area contributed by atoms with E-state index in [1.54, 1.807) is 12.1 Å². The van der Waals surface area contributed by atoms with Crippen molar-refractivity contribution < 1.29 is 14.5 Å². The van der Waals surface area contributed by atoms with Crippen molar-refractivity contribution in [3.8, 4) is 0 Å². The van der Waals surface area contributed by atoms with E-state index in [2.05, 4.69) is 4.90 Å². The van der Waals surface area contributed by atoms with Gasteiger partial charge in [-0.15, -0.1) is 0 Å². The molecule has 108 valence electrons. The number of non-ortho nitro benzene ring substituents is 1. The normalized spacial score (nSPS) is 19.5. The van der Waals surface area contributed by atoms with Gasteiger partial charge in [-0.05, 0) is 24.9 Å². The van der Waals surface area contributed by atoms with Crippen LogP contribution in [0.4, 0.5) is 10.5 Å². The Morgan fingerprint density at radius 2 is 2.15 bits per heavy atom. The SMILES string of the molecule is NC(=O)O[C@H]1CCCN(Cc2ccc([N+](=O)[O-])cc2)C1. The number of likely N-dealkylation sites (tertiary alicyclic amines) is 1. The first-order valence-electron chi connectivity index (χ1n) is 6.46. The molecule has 0 bridgehead atoms. The summed E-state index contributed by atoms with van der Waals surface area (Å²) in [4.78, 5) is 23.1. The number of nitro benzene ring substituents is 1. The molecule has 20 heavy (non-hydrogen) atoms. The number of hydrogen-bond acceptors (Lipinski definition) is 5. The molecule has 1 aliphatic heterocycles. The minimum atomic E-state index is -0.743. The lowest BCUT2D eigenvalue weighted by molar-refractivity contribution is -0.384. The second-order valence-corrected chi connectivity index (χ2v) is 4.86. The molecule has 7 nitrogen and oxygen atoms in total. The molecular weight excluding hydrogens is 262 g/mol. The minimum absolute atomic E-state index is 0.0855. The molecule has 1 fully saturated rings. The lowest BCUT2D eigenvalue weighted by Gasteiger charge is -2.31. The zero-order valence-electron chi connectivity index (χ0n) is 11.0. The van der Waals surface area contributed by atoms with Crippen LogP contribution in [-0.2, 0) is 11.3 Å². The van der Waals surface area contributed by atoms with E-state index in [0.717, 1.165) is 24.9 Å². The van der Waals surface area contributed by atoms with Gasteiger partial charge in [-0.2, -0.15) is 0 Å². The number of piperidine rings is 1. The molecule has 1 amide bonds. The maximum absolute atomic E-state index is 10.8. The first-order valence-corrected chi connectivity index (χ1v) is 6.46. The summed E-state index contributed by atoms with van der Waals surface area (Å²) in [6.45, 7) is 2.23. The summed E-state index contributed by atoms with van der Waals surface area (Å²) >= 11 is 0. The van der Waals surface area contributed by atoms with Gasteiger partial charge in [0.25, 0.3) is 5.69 Å². The summed E-state index contributed by atoms with van der Waals surface area (Å²) in [6, 6.07) is 6.49. The fourth-order valence-corrected chi connectivity index (χ4v) is 2.40. The number of carbonyl (C=O) groups is 1. The lowest BCUT2D eigenvalue weighted by Crippen LogP contribution is -2.40. The Bertz CT molecular complexity index is 489. The van der Waals surface area contributed by atoms with Crippen LogP contribution in [0.5, 0.6) is 0 Å². The molecule has 1 aromatic carbocycles. The first-order chi connectivity index (χ1) is 9.54. The molecule has 0 spiro atoms. The van der Waals surface area contributed by atoms with Crippen LogP contribution in [0, 0.1) is 10.1 Å². The summed E-state index contributed by atoms with van der Waals surface area (Å²) in [5.41, 5.74) is 6.10. The van der Waals surface area contributed by atoms with Gasteiger partial charge in [0.1, 0.15) is 6.10 Å². The van der Waals surface area contributed by atoms with Gasteiger partial charge >= 0.3 is 6.09 Å². The highest BCUT2D eigenvalue weighted by molar-refractivity contribution is 5.64. The second-order valence-electron chi connectivity index (χ2n) is 4.86. The van der Waals surface area contributed by atoms with Crippen LogP contribution in [0.1, 0.15) is 18.4 Å². The summed E-state index contributed by atoms with van der Waals surface area (Å²) in [5.74, 6) is 0. The number of ether oxygens (including phenoxy) is 1. The van der Waals surface area contributed by atoms with Gasteiger partial charge in [-0.1, -0.05) is 12.1 Å². The maximum atomic E-state index is 10.8. The number of primary amides is 1. The lowest BCUT2D eigenvalue weighted by atomic mass is 10.1. The molecule has 1 atom stereocenters. The highest BCUT2D eigenvalue weighted by Gasteiger charge is 2.22. The van der Waals surface area contributed by atoms with Crippen LogP contribution < -0.4 is 5.73 Å². The van der Waals surface area contributed by atoms with Crippen LogP contribution in [0.15, 0.2) is 24.3 Å². The minimum Gasteiger partial charge on any atom is -0.445 e. The molecule has 0 unspecified atom stereocenters. The largest absolute Gasteiger partial charge is 0.445 e. The number of rotatable bonds is 4. The number of carbonyl (C=O) groups excluding carboxylic acids is 1. The number of benzene rings is 1. The topological polar surface area (TPSA) is 98.7 Å². The highest BCUT2D eigenvalue weighted by Crippen LogP contribution is 2.18. The molecule has 2 N–H and O–H groups in total. The van der Waals surface area contributed by atoms with E-state index in [0.29, 0.717) is 13.1 Å². The Hall–Kier alpha value is -2.15. The Balaban J connectivity index is 1.92. The number of nitrogens with zero attached hydrogens (tertiary/aromatic N) is 2.